The van der Waals surface area contributed by atoms with Crippen molar-refractivity contribution in [1.82, 2.24) is 4.68 Å². The van der Waals surface area contributed by atoms with E-state index in [1.807, 2.05) is 22.9 Å². The van der Waals surface area contributed by atoms with Crippen LogP contribution in [0.15, 0.2) is 75.5 Å². The summed E-state index contributed by atoms with van der Waals surface area (Å²) in [5.74, 6) is 1.86. The Hall–Kier alpha value is -3.36. The van der Waals surface area contributed by atoms with Gasteiger partial charge in [0.1, 0.15) is 5.75 Å². The van der Waals surface area contributed by atoms with Gasteiger partial charge in [0, 0.05) is 23.6 Å². The molecule has 4 aromatic rings. The van der Waals surface area contributed by atoms with E-state index in [4.69, 9.17) is 24.3 Å². The first-order valence-electron chi connectivity index (χ1n) is 10.4. The summed E-state index contributed by atoms with van der Waals surface area (Å²) in [6.45, 7) is 0.684. The van der Waals surface area contributed by atoms with Crippen LogP contribution in [0.1, 0.15) is 11.1 Å². The van der Waals surface area contributed by atoms with E-state index in [0.29, 0.717) is 23.8 Å². The van der Waals surface area contributed by atoms with Crippen LogP contribution in [0.2, 0.25) is 0 Å². The van der Waals surface area contributed by atoms with Gasteiger partial charge >= 0.3 is 0 Å². The lowest BCUT2D eigenvalue weighted by Crippen LogP contribution is -2.13. The molecule has 6 nitrogen and oxygen atoms in total. The Balaban J connectivity index is 1.71. The molecule has 2 heterocycles. The van der Waals surface area contributed by atoms with Crippen LogP contribution in [0.25, 0.3) is 10.6 Å². The molecular weight excluding hydrogens is 454 g/mol. The summed E-state index contributed by atoms with van der Waals surface area (Å²) in [4.78, 5) is 6.81. The highest BCUT2D eigenvalue weighted by atomic mass is 32.1. The zero-order chi connectivity index (χ0) is 23.0. The molecule has 0 aliphatic rings. The molecule has 0 unspecified atom stereocenters. The largest absolute Gasteiger partial charge is 0.496 e. The lowest BCUT2D eigenvalue weighted by Gasteiger charge is -2.12. The van der Waals surface area contributed by atoms with Crippen molar-refractivity contribution in [1.29, 1.82) is 0 Å². The van der Waals surface area contributed by atoms with Gasteiger partial charge in [-0.25, -0.2) is 4.68 Å². The molecule has 0 radical (unpaired) electrons. The van der Waals surface area contributed by atoms with Gasteiger partial charge in [0.15, 0.2) is 11.5 Å². The molecule has 0 spiro atoms. The number of rotatable bonds is 9. The van der Waals surface area contributed by atoms with Gasteiger partial charge in [-0.2, -0.15) is 5.10 Å². The second-order valence-electron chi connectivity index (χ2n) is 7.00. The van der Waals surface area contributed by atoms with Crippen molar-refractivity contribution in [2.45, 2.75) is 6.42 Å². The number of ether oxygens (including phenoxy) is 3. The molecule has 0 atom stereocenters. The van der Waals surface area contributed by atoms with Gasteiger partial charge in [-0.3, -0.25) is 4.99 Å². The zero-order valence-corrected chi connectivity index (χ0v) is 20.4. The minimum absolute atomic E-state index is 0.602. The Bertz CT molecular complexity index is 1280. The Morgan fingerprint density at radius 3 is 2.33 bits per heavy atom. The number of hydrogen-bond donors (Lipinski definition) is 0. The Morgan fingerprint density at radius 2 is 1.64 bits per heavy atom. The van der Waals surface area contributed by atoms with Crippen molar-refractivity contribution >= 4 is 28.9 Å². The first-order chi connectivity index (χ1) is 16.2. The predicted octanol–water partition coefficient (Wildman–Crippen LogP) is 5.33. The standard InChI is InChI=1S/C25H25N3O3S2/c1-29-21-15-23(31-3)22(30-2)14-19(21)16-27-28-20(24-10-7-13-32-24)17-33-25(28)26-12-11-18-8-5-4-6-9-18/h4-10,13-17H,11-12H2,1-3H3. The molecule has 0 fully saturated rings. The van der Waals surface area contributed by atoms with E-state index >= 15 is 0 Å². The molecule has 0 saturated carbocycles. The van der Waals surface area contributed by atoms with Crippen molar-refractivity contribution in [2.24, 2.45) is 10.1 Å². The fraction of sp³-hybridized carbons (Fsp3) is 0.200. The van der Waals surface area contributed by atoms with Gasteiger partial charge in [0.25, 0.3) is 0 Å². The number of methoxy groups -OCH3 is 3. The monoisotopic (exact) mass is 479 g/mol. The predicted molar refractivity (Wildman–Crippen MR) is 135 cm³/mol. The van der Waals surface area contributed by atoms with E-state index < -0.39 is 0 Å². The summed E-state index contributed by atoms with van der Waals surface area (Å²) in [5.41, 5.74) is 3.05. The number of thiophene rings is 1. The molecule has 2 aromatic heterocycles. The normalized spacial score (nSPS) is 11.8. The first-order valence-corrected chi connectivity index (χ1v) is 12.1. The lowest BCUT2D eigenvalue weighted by atomic mass is 10.2. The van der Waals surface area contributed by atoms with Gasteiger partial charge < -0.3 is 14.2 Å². The van der Waals surface area contributed by atoms with E-state index in [-0.39, 0.29) is 0 Å². The van der Waals surface area contributed by atoms with Crippen molar-refractivity contribution in [3.05, 3.63) is 81.3 Å². The Labute approximate surface area is 201 Å². The molecule has 0 aliphatic heterocycles. The topological polar surface area (TPSA) is 57.3 Å². The van der Waals surface area contributed by atoms with E-state index in [9.17, 15) is 0 Å². The van der Waals surface area contributed by atoms with E-state index in [1.165, 1.54) is 5.56 Å². The van der Waals surface area contributed by atoms with Crippen LogP contribution < -0.4 is 19.0 Å². The van der Waals surface area contributed by atoms with Crippen molar-refractivity contribution in [3.63, 3.8) is 0 Å². The van der Waals surface area contributed by atoms with E-state index in [0.717, 1.165) is 27.4 Å². The van der Waals surface area contributed by atoms with Crippen LogP contribution in [0, 0.1) is 0 Å². The molecule has 0 N–H and O–H groups in total. The number of nitrogens with zero attached hydrogens (tertiary/aromatic N) is 3. The minimum atomic E-state index is 0.602. The third-order valence-electron chi connectivity index (χ3n) is 5.00. The summed E-state index contributed by atoms with van der Waals surface area (Å²) in [7, 11) is 4.83. The highest BCUT2D eigenvalue weighted by Crippen LogP contribution is 2.34. The third-order valence-corrected chi connectivity index (χ3v) is 6.74. The molecule has 33 heavy (non-hydrogen) atoms. The molecule has 8 heteroatoms. The summed E-state index contributed by atoms with van der Waals surface area (Å²) in [5, 5.41) is 8.95. The summed E-state index contributed by atoms with van der Waals surface area (Å²) in [6, 6.07) is 18.1. The number of benzene rings is 2. The average Bonchev–Trinajstić information content (AvgIpc) is 3.53. The van der Waals surface area contributed by atoms with Crippen molar-refractivity contribution in [2.75, 3.05) is 27.9 Å². The highest BCUT2D eigenvalue weighted by molar-refractivity contribution is 7.14. The molecular formula is C25H25N3O3S2. The summed E-state index contributed by atoms with van der Waals surface area (Å²) < 4.78 is 18.3. The van der Waals surface area contributed by atoms with Gasteiger partial charge in [0.2, 0.25) is 4.80 Å². The smallest absolute Gasteiger partial charge is 0.206 e. The van der Waals surface area contributed by atoms with Gasteiger partial charge in [-0.1, -0.05) is 36.4 Å². The fourth-order valence-electron chi connectivity index (χ4n) is 3.31. The Kier molecular flexibility index (Phi) is 7.59. The maximum atomic E-state index is 5.55. The molecule has 0 amide bonds. The third kappa shape index (κ3) is 5.35. The second kappa shape index (κ2) is 11.0. The molecule has 0 aliphatic carbocycles. The lowest BCUT2D eigenvalue weighted by molar-refractivity contribution is 0.349. The average molecular weight is 480 g/mol. The van der Waals surface area contributed by atoms with Crippen molar-refractivity contribution < 1.29 is 14.2 Å². The minimum Gasteiger partial charge on any atom is -0.496 e. The van der Waals surface area contributed by atoms with Crippen molar-refractivity contribution in [3.8, 4) is 27.8 Å². The van der Waals surface area contributed by atoms with Crippen LogP contribution in [-0.4, -0.2) is 38.8 Å². The highest BCUT2D eigenvalue weighted by Gasteiger charge is 2.12. The van der Waals surface area contributed by atoms with Gasteiger partial charge in [0.05, 0.1) is 38.1 Å². The van der Waals surface area contributed by atoms with Gasteiger partial charge in [-0.15, -0.1) is 22.7 Å². The number of thiazole rings is 1. The zero-order valence-electron chi connectivity index (χ0n) is 18.7. The van der Waals surface area contributed by atoms with Crippen LogP contribution in [-0.2, 0) is 6.42 Å². The summed E-state index contributed by atoms with van der Waals surface area (Å²) >= 11 is 3.26. The molecule has 4 rings (SSSR count). The van der Waals surface area contributed by atoms with Gasteiger partial charge in [-0.05, 0) is 29.5 Å². The summed E-state index contributed by atoms with van der Waals surface area (Å²) in [6.07, 6.45) is 2.64. The SMILES string of the molecule is COc1cc(OC)c(OC)cc1C=Nn1c(-c2cccs2)csc1=NCCc1ccccc1. The molecule has 0 saturated heterocycles. The molecule has 170 valence electrons. The Morgan fingerprint density at radius 1 is 0.879 bits per heavy atom. The van der Waals surface area contributed by atoms with E-state index in [2.05, 4.69) is 41.1 Å². The maximum Gasteiger partial charge on any atom is 0.206 e. The van der Waals surface area contributed by atoms with Crippen LogP contribution >= 0.6 is 22.7 Å². The molecule has 0 bridgehead atoms. The first kappa shape index (κ1) is 22.8. The second-order valence-corrected chi connectivity index (χ2v) is 8.79. The van der Waals surface area contributed by atoms with Crippen LogP contribution in [0.4, 0.5) is 0 Å². The van der Waals surface area contributed by atoms with Crippen LogP contribution in [0.5, 0.6) is 17.2 Å². The quantitative estimate of drug-likeness (QED) is 0.305. The number of hydrogen-bond acceptors (Lipinski definition) is 7. The fourth-order valence-corrected chi connectivity index (χ4v) is 4.97. The maximum absolute atomic E-state index is 5.55. The van der Waals surface area contributed by atoms with Crippen LogP contribution in [0.3, 0.4) is 0 Å². The molecule has 2 aromatic carbocycles. The van der Waals surface area contributed by atoms with E-state index in [1.54, 1.807) is 56.3 Å². The number of aromatic nitrogens is 1.